The summed E-state index contributed by atoms with van der Waals surface area (Å²) in [4.78, 5) is 14.3. The molecular weight excluding hydrogens is 286 g/mol. The van der Waals surface area contributed by atoms with E-state index in [2.05, 4.69) is 0 Å². The third-order valence-corrected chi connectivity index (χ3v) is 4.94. The molecule has 0 heterocycles. The summed E-state index contributed by atoms with van der Waals surface area (Å²) in [5.74, 6) is -0.0745. The molecule has 0 aliphatic rings. The van der Waals surface area contributed by atoms with Crippen molar-refractivity contribution in [2.24, 2.45) is 5.92 Å². The van der Waals surface area contributed by atoms with Crippen LogP contribution in [0.3, 0.4) is 0 Å². The first kappa shape index (κ1) is 17.9. The standard InChI is InChI=1S/C16H25NO3S/c1-11(2)10-14(18)15(16(19)17(4)5)21(20)13-8-6-12(3)7-9-13/h6-9,11,14-15,18H,10H2,1-5H3. The number of aliphatic hydroxyl groups excluding tert-OH is 1. The largest absolute Gasteiger partial charge is 0.391 e. The summed E-state index contributed by atoms with van der Waals surface area (Å²) in [6, 6.07) is 7.23. The summed E-state index contributed by atoms with van der Waals surface area (Å²) in [7, 11) is 1.66. The van der Waals surface area contributed by atoms with E-state index < -0.39 is 22.2 Å². The molecule has 118 valence electrons. The highest BCUT2D eigenvalue weighted by molar-refractivity contribution is 7.86. The van der Waals surface area contributed by atoms with Gasteiger partial charge in [0.05, 0.1) is 16.9 Å². The van der Waals surface area contributed by atoms with E-state index in [1.54, 1.807) is 26.2 Å². The number of carbonyl (C=O) groups is 1. The molecule has 0 fully saturated rings. The first-order chi connectivity index (χ1) is 9.73. The average Bonchev–Trinajstić information content (AvgIpc) is 2.38. The van der Waals surface area contributed by atoms with Crippen molar-refractivity contribution in [3.63, 3.8) is 0 Å². The van der Waals surface area contributed by atoms with Crippen molar-refractivity contribution in [1.82, 2.24) is 4.90 Å². The van der Waals surface area contributed by atoms with E-state index in [-0.39, 0.29) is 11.8 Å². The normalized spacial score (nSPS) is 15.6. The van der Waals surface area contributed by atoms with Crippen LogP contribution in [0.25, 0.3) is 0 Å². The van der Waals surface area contributed by atoms with Gasteiger partial charge < -0.3 is 10.0 Å². The van der Waals surface area contributed by atoms with Crippen LogP contribution in [-0.2, 0) is 15.6 Å². The highest BCUT2D eigenvalue weighted by Crippen LogP contribution is 2.20. The maximum absolute atomic E-state index is 12.7. The highest BCUT2D eigenvalue weighted by atomic mass is 32.2. The summed E-state index contributed by atoms with van der Waals surface area (Å²) in [6.45, 7) is 5.88. The third kappa shape index (κ3) is 4.93. The Morgan fingerprint density at radius 3 is 2.19 bits per heavy atom. The van der Waals surface area contributed by atoms with E-state index in [9.17, 15) is 14.1 Å². The summed E-state index contributed by atoms with van der Waals surface area (Å²) in [5, 5.41) is 9.42. The van der Waals surface area contributed by atoms with Crippen LogP contribution >= 0.6 is 0 Å². The van der Waals surface area contributed by atoms with E-state index in [1.165, 1.54) is 4.90 Å². The van der Waals surface area contributed by atoms with Gasteiger partial charge in [0.25, 0.3) is 0 Å². The van der Waals surface area contributed by atoms with Gasteiger partial charge in [0.15, 0.2) is 0 Å². The number of carbonyl (C=O) groups excluding carboxylic acids is 1. The van der Waals surface area contributed by atoms with E-state index in [0.717, 1.165) is 5.56 Å². The fraction of sp³-hybridized carbons (Fsp3) is 0.562. The number of hydrogen-bond donors (Lipinski definition) is 1. The Hall–Kier alpha value is -1.20. The fourth-order valence-corrected chi connectivity index (χ4v) is 3.57. The highest BCUT2D eigenvalue weighted by Gasteiger charge is 2.34. The van der Waals surface area contributed by atoms with Gasteiger partial charge in [-0.15, -0.1) is 0 Å². The van der Waals surface area contributed by atoms with Gasteiger partial charge in [0, 0.05) is 19.0 Å². The zero-order valence-electron chi connectivity index (χ0n) is 13.4. The zero-order chi connectivity index (χ0) is 16.2. The molecule has 1 aromatic rings. The van der Waals surface area contributed by atoms with Gasteiger partial charge >= 0.3 is 0 Å². The Morgan fingerprint density at radius 2 is 1.76 bits per heavy atom. The van der Waals surface area contributed by atoms with Gasteiger partial charge in [-0.1, -0.05) is 31.5 Å². The topological polar surface area (TPSA) is 57.6 Å². The molecule has 0 saturated heterocycles. The Morgan fingerprint density at radius 1 is 1.24 bits per heavy atom. The maximum atomic E-state index is 12.7. The van der Waals surface area contributed by atoms with Crippen LogP contribution in [-0.4, -0.2) is 45.6 Å². The lowest BCUT2D eigenvalue weighted by Gasteiger charge is -2.25. The molecule has 1 amide bonds. The van der Waals surface area contributed by atoms with E-state index in [0.29, 0.717) is 11.3 Å². The molecule has 0 aliphatic carbocycles. The lowest BCUT2D eigenvalue weighted by molar-refractivity contribution is -0.130. The summed E-state index contributed by atoms with van der Waals surface area (Å²) >= 11 is 0. The van der Waals surface area contributed by atoms with Gasteiger partial charge in [-0.25, -0.2) is 0 Å². The number of aliphatic hydroxyl groups is 1. The zero-order valence-corrected chi connectivity index (χ0v) is 14.2. The van der Waals surface area contributed by atoms with Gasteiger partial charge in [-0.2, -0.15) is 0 Å². The van der Waals surface area contributed by atoms with Gasteiger partial charge in [-0.05, 0) is 31.4 Å². The van der Waals surface area contributed by atoms with E-state index >= 15 is 0 Å². The number of amides is 1. The predicted molar refractivity (Wildman–Crippen MR) is 85.5 cm³/mol. The lowest BCUT2D eigenvalue weighted by Crippen LogP contribution is -2.45. The van der Waals surface area contributed by atoms with Crippen molar-refractivity contribution in [2.45, 2.75) is 43.4 Å². The Balaban J connectivity index is 3.08. The second-order valence-electron chi connectivity index (χ2n) is 5.96. The molecule has 1 rings (SSSR count). The average molecular weight is 311 g/mol. The van der Waals surface area contributed by atoms with Gasteiger partial charge in [-0.3, -0.25) is 9.00 Å². The molecular formula is C16H25NO3S. The number of aryl methyl sites for hydroxylation is 1. The Labute approximate surface area is 129 Å². The predicted octanol–water partition coefficient (Wildman–Crippen LogP) is 1.97. The molecule has 0 aliphatic heterocycles. The number of rotatable bonds is 6. The Kier molecular flexibility index (Phi) is 6.55. The van der Waals surface area contributed by atoms with Gasteiger partial charge in [0.2, 0.25) is 5.91 Å². The van der Waals surface area contributed by atoms with Crippen LogP contribution in [0.5, 0.6) is 0 Å². The molecule has 0 radical (unpaired) electrons. The van der Waals surface area contributed by atoms with Crippen LogP contribution < -0.4 is 0 Å². The van der Waals surface area contributed by atoms with Crippen LogP contribution in [0.2, 0.25) is 0 Å². The molecule has 1 aromatic carbocycles. The minimum Gasteiger partial charge on any atom is -0.391 e. The number of benzene rings is 1. The minimum absolute atomic E-state index is 0.229. The second kappa shape index (κ2) is 7.71. The molecule has 5 heteroatoms. The van der Waals surface area contributed by atoms with Gasteiger partial charge in [0.1, 0.15) is 5.25 Å². The monoisotopic (exact) mass is 311 g/mol. The molecule has 4 nitrogen and oxygen atoms in total. The van der Waals surface area contributed by atoms with Crippen LogP contribution in [0.15, 0.2) is 29.2 Å². The molecule has 1 N–H and O–H groups in total. The minimum atomic E-state index is -1.57. The van der Waals surface area contributed by atoms with Crippen LogP contribution in [0.1, 0.15) is 25.8 Å². The molecule has 0 saturated carbocycles. The van der Waals surface area contributed by atoms with Crippen LogP contribution in [0, 0.1) is 12.8 Å². The van der Waals surface area contributed by atoms with Crippen molar-refractivity contribution >= 4 is 16.7 Å². The van der Waals surface area contributed by atoms with E-state index in [1.807, 2.05) is 32.9 Å². The maximum Gasteiger partial charge on any atom is 0.240 e. The number of hydrogen-bond acceptors (Lipinski definition) is 3. The molecule has 0 aromatic heterocycles. The summed E-state index contributed by atoms with van der Waals surface area (Å²) < 4.78 is 12.7. The second-order valence-corrected chi connectivity index (χ2v) is 7.53. The number of nitrogens with zero attached hydrogens (tertiary/aromatic N) is 1. The van der Waals surface area contributed by atoms with Crippen molar-refractivity contribution < 1.29 is 14.1 Å². The summed E-state index contributed by atoms with van der Waals surface area (Å²) in [5.41, 5.74) is 1.06. The van der Waals surface area contributed by atoms with Crippen molar-refractivity contribution in [2.75, 3.05) is 14.1 Å². The first-order valence-electron chi connectivity index (χ1n) is 7.10. The third-order valence-electron chi connectivity index (χ3n) is 3.23. The Bertz CT molecular complexity index is 497. The van der Waals surface area contributed by atoms with Crippen molar-refractivity contribution in [3.05, 3.63) is 29.8 Å². The summed E-state index contributed by atoms with van der Waals surface area (Å²) in [6.07, 6.45) is -0.469. The molecule has 3 unspecified atom stereocenters. The smallest absolute Gasteiger partial charge is 0.240 e. The lowest BCUT2D eigenvalue weighted by atomic mass is 10.0. The van der Waals surface area contributed by atoms with E-state index in [4.69, 9.17) is 0 Å². The van der Waals surface area contributed by atoms with Crippen molar-refractivity contribution in [1.29, 1.82) is 0 Å². The van der Waals surface area contributed by atoms with Crippen molar-refractivity contribution in [3.8, 4) is 0 Å². The molecule has 0 bridgehead atoms. The fourth-order valence-electron chi connectivity index (χ4n) is 2.08. The molecule has 3 atom stereocenters. The quantitative estimate of drug-likeness (QED) is 0.874. The van der Waals surface area contributed by atoms with Crippen LogP contribution in [0.4, 0.5) is 0 Å². The first-order valence-corrected chi connectivity index (χ1v) is 8.31. The molecule has 21 heavy (non-hydrogen) atoms. The molecule has 0 spiro atoms. The SMILES string of the molecule is Cc1ccc(S(=O)C(C(=O)N(C)C)C(O)CC(C)C)cc1.